The lowest BCUT2D eigenvalue weighted by Crippen LogP contribution is -2.11. The second kappa shape index (κ2) is 4.81. The minimum atomic E-state index is -1.46. The highest BCUT2D eigenvalue weighted by Gasteiger charge is 2.14. The Morgan fingerprint density at radius 3 is 2.53 bits per heavy atom. The molecule has 0 saturated carbocycles. The van der Waals surface area contributed by atoms with Crippen LogP contribution in [0.5, 0.6) is 5.75 Å². The summed E-state index contributed by atoms with van der Waals surface area (Å²) in [7, 11) is -1.46. The van der Waals surface area contributed by atoms with Crippen LogP contribution in [-0.2, 0) is 6.42 Å². The van der Waals surface area contributed by atoms with E-state index >= 15 is 0 Å². The average molecular weight is 210 g/mol. The van der Waals surface area contributed by atoms with E-state index in [0.29, 0.717) is 5.56 Å². The molecule has 1 aromatic carbocycles. The number of aryl methyl sites for hydroxylation is 1. The van der Waals surface area contributed by atoms with Crippen LogP contribution < -0.4 is 0 Å². The van der Waals surface area contributed by atoms with E-state index in [9.17, 15) is 9.90 Å². The molecule has 6 heteroatoms. The first kappa shape index (κ1) is 11.5. The number of rotatable bonds is 4. The van der Waals surface area contributed by atoms with Crippen LogP contribution in [0.1, 0.15) is 15.9 Å². The zero-order valence-electron chi connectivity index (χ0n) is 7.92. The van der Waals surface area contributed by atoms with E-state index in [0.717, 1.165) is 0 Å². The molecule has 0 aliphatic rings. The number of aromatic carboxylic acids is 1. The molecule has 5 nitrogen and oxygen atoms in total. The van der Waals surface area contributed by atoms with Gasteiger partial charge in [0.15, 0.2) is 0 Å². The first-order chi connectivity index (χ1) is 7.02. The minimum absolute atomic E-state index is 0.0522. The molecule has 0 aliphatic carbocycles. The van der Waals surface area contributed by atoms with Gasteiger partial charge in [0.25, 0.3) is 0 Å². The van der Waals surface area contributed by atoms with Crippen molar-refractivity contribution in [1.29, 1.82) is 0 Å². The summed E-state index contributed by atoms with van der Waals surface area (Å²) in [6, 6.07) is 4.34. The molecular weight excluding hydrogens is 199 g/mol. The number of carbonyl (C=O) groups is 1. The normalized spacial score (nSPS) is 10.0. The highest BCUT2D eigenvalue weighted by atomic mass is 16.4. The molecule has 0 atom stereocenters. The maximum absolute atomic E-state index is 10.7. The molecule has 0 radical (unpaired) electrons. The summed E-state index contributed by atoms with van der Waals surface area (Å²) in [6.07, 6.45) is 0.265. The maximum Gasteiger partial charge on any atom is 0.451 e. The van der Waals surface area contributed by atoms with Gasteiger partial charge in [0, 0.05) is 0 Å². The Kier molecular flexibility index (Phi) is 3.71. The van der Waals surface area contributed by atoms with Gasteiger partial charge in [-0.25, -0.2) is 4.79 Å². The van der Waals surface area contributed by atoms with Crippen LogP contribution in [0.2, 0.25) is 6.32 Å². The minimum Gasteiger partial charge on any atom is -0.507 e. The van der Waals surface area contributed by atoms with Crippen molar-refractivity contribution in [1.82, 2.24) is 0 Å². The maximum atomic E-state index is 10.7. The van der Waals surface area contributed by atoms with Crippen LogP contribution in [0.4, 0.5) is 0 Å². The summed E-state index contributed by atoms with van der Waals surface area (Å²) < 4.78 is 0. The largest absolute Gasteiger partial charge is 0.507 e. The summed E-state index contributed by atoms with van der Waals surface area (Å²) >= 11 is 0. The van der Waals surface area contributed by atoms with Crippen molar-refractivity contribution in [2.24, 2.45) is 0 Å². The smallest absolute Gasteiger partial charge is 0.451 e. The van der Waals surface area contributed by atoms with Gasteiger partial charge < -0.3 is 20.3 Å². The molecular formula is C9H11BO5. The van der Waals surface area contributed by atoms with Gasteiger partial charge in [0.1, 0.15) is 11.3 Å². The van der Waals surface area contributed by atoms with Crippen molar-refractivity contribution in [3.63, 3.8) is 0 Å². The number of para-hydroxylation sites is 1. The second-order valence-corrected chi connectivity index (χ2v) is 3.14. The third-order valence-corrected chi connectivity index (χ3v) is 2.02. The molecule has 15 heavy (non-hydrogen) atoms. The zero-order chi connectivity index (χ0) is 11.4. The average Bonchev–Trinajstić information content (AvgIpc) is 2.15. The summed E-state index contributed by atoms with van der Waals surface area (Å²) in [5, 5.41) is 35.5. The fourth-order valence-electron chi connectivity index (χ4n) is 1.25. The van der Waals surface area contributed by atoms with Crippen molar-refractivity contribution in [2.75, 3.05) is 0 Å². The third-order valence-electron chi connectivity index (χ3n) is 2.02. The van der Waals surface area contributed by atoms with Crippen LogP contribution in [0.25, 0.3) is 0 Å². The Bertz CT molecular complexity index is 364. The van der Waals surface area contributed by atoms with Gasteiger partial charge in [0.2, 0.25) is 0 Å². The van der Waals surface area contributed by atoms with Gasteiger partial charge >= 0.3 is 13.1 Å². The third kappa shape index (κ3) is 2.97. The summed E-state index contributed by atoms with van der Waals surface area (Å²) in [4.78, 5) is 10.7. The first-order valence-electron chi connectivity index (χ1n) is 4.42. The van der Waals surface area contributed by atoms with Crippen molar-refractivity contribution < 1.29 is 25.1 Å². The monoisotopic (exact) mass is 210 g/mol. The lowest BCUT2D eigenvalue weighted by Gasteiger charge is -2.06. The van der Waals surface area contributed by atoms with Crippen molar-refractivity contribution in [3.8, 4) is 5.75 Å². The Labute approximate surface area is 86.8 Å². The van der Waals surface area contributed by atoms with E-state index < -0.39 is 13.1 Å². The number of hydrogen-bond donors (Lipinski definition) is 4. The topological polar surface area (TPSA) is 98.0 Å². The number of benzene rings is 1. The van der Waals surface area contributed by atoms with Crippen LogP contribution in [-0.4, -0.2) is 33.3 Å². The fraction of sp³-hybridized carbons (Fsp3) is 0.222. The van der Waals surface area contributed by atoms with Gasteiger partial charge in [-0.1, -0.05) is 12.1 Å². The van der Waals surface area contributed by atoms with Crippen molar-refractivity contribution in [2.45, 2.75) is 12.7 Å². The molecule has 0 saturated heterocycles. The van der Waals surface area contributed by atoms with E-state index in [1.807, 2.05) is 0 Å². The lowest BCUT2D eigenvalue weighted by atomic mass is 9.82. The Morgan fingerprint density at radius 2 is 2.00 bits per heavy atom. The highest BCUT2D eigenvalue weighted by molar-refractivity contribution is 6.41. The Hall–Kier alpha value is -1.53. The van der Waals surface area contributed by atoms with Crippen LogP contribution in [0.3, 0.4) is 0 Å². The van der Waals surface area contributed by atoms with Gasteiger partial charge in [-0.3, -0.25) is 0 Å². The zero-order valence-corrected chi connectivity index (χ0v) is 7.92. The molecule has 4 N–H and O–H groups in total. The molecule has 0 bridgehead atoms. The molecule has 0 spiro atoms. The molecule has 0 heterocycles. The van der Waals surface area contributed by atoms with E-state index in [-0.39, 0.29) is 24.1 Å². The first-order valence-corrected chi connectivity index (χ1v) is 4.42. The van der Waals surface area contributed by atoms with E-state index in [1.165, 1.54) is 12.1 Å². The molecule has 0 fully saturated rings. The predicted molar refractivity (Wildman–Crippen MR) is 53.8 cm³/mol. The Morgan fingerprint density at radius 1 is 1.33 bits per heavy atom. The predicted octanol–water partition coefficient (Wildman–Crippen LogP) is 0.106. The Balaban J connectivity index is 2.89. The molecule has 0 unspecified atom stereocenters. The number of phenols is 1. The standard InChI is InChI=1S/C9H11BO5/c11-8-6(4-5-10(14)15)2-1-3-7(8)9(12)13/h1-3,11,14-15H,4-5H2,(H,12,13). The van der Waals surface area contributed by atoms with E-state index in [1.54, 1.807) is 6.07 Å². The number of hydrogen-bond acceptors (Lipinski definition) is 4. The van der Waals surface area contributed by atoms with Gasteiger partial charge in [-0.2, -0.15) is 0 Å². The van der Waals surface area contributed by atoms with Gasteiger partial charge in [0.05, 0.1) is 0 Å². The molecule has 1 rings (SSSR count). The van der Waals surface area contributed by atoms with Crippen LogP contribution in [0.15, 0.2) is 18.2 Å². The lowest BCUT2D eigenvalue weighted by molar-refractivity contribution is 0.0693. The van der Waals surface area contributed by atoms with E-state index in [2.05, 4.69) is 0 Å². The molecule has 0 aromatic heterocycles. The van der Waals surface area contributed by atoms with Crippen molar-refractivity contribution >= 4 is 13.1 Å². The fourth-order valence-corrected chi connectivity index (χ4v) is 1.25. The van der Waals surface area contributed by atoms with Gasteiger partial charge in [-0.05, 0) is 24.4 Å². The number of carboxylic acids is 1. The molecule has 0 aliphatic heterocycles. The molecule has 0 amide bonds. The summed E-state index contributed by atoms with van der Waals surface area (Å²) in [6.45, 7) is 0. The number of aromatic hydroxyl groups is 1. The summed E-state index contributed by atoms with van der Waals surface area (Å²) in [5.74, 6) is -1.52. The quantitative estimate of drug-likeness (QED) is 0.528. The number of carboxylic acid groups (broad SMARTS) is 1. The van der Waals surface area contributed by atoms with Crippen LogP contribution >= 0.6 is 0 Å². The van der Waals surface area contributed by atoms with Crippen LogP contribution in [0, 0.1) is 0 Å². The molecule has 1 aromatic rings. The summed E-state index contributed by atoms with van der Waals surface area (Å²) in [5.41, 5.74) is 0.211. The van der Waals surface area contributed by atoms with E-state index in [4.69, 9.17) is 15.2 Å². The highest BCUT2D eigenvalue weighted by Crippen LogP contribution is 2.23. The van der Waals surface area contributed by atoms with Gasteiger partial charge in [-0.15, -0.1) is 0 Å². The second-order valence-electron chi connectivity index (χ2n) is 3.14. The molecule has 80 valence electrons. The SMILES string of the molecule is O=C(O)c1cccc(CCB(O)O)c1O. The van der Waals surface area contributed by atoms with Crippen molar-refractivity contribution in [3.05, 3.63) is 29.3 Å².